The van der Waals surface area contributed by atoms with Crippen LogP contribution in [0.3, 0.4) is 0 Å². The van der Waals surface area contributed by atoms with Gasteiger partial charge in [0.2, 0.25) is 5.91 Å². The van der Waals surface area contributed by atoms with E-state index in [1.807, 2.05) is 0 Å². The van der Waals surface area contributed by atoms with Crippen molar-refractivity contribution in [3.8, 4) is 0 Å². The quantitative estimate of drug-likeness (QED) is 0.766. The van der Waals surface area contributed by atoms with Crippen molar-refractivity contribution in [1.29, 1.82) is 0 Å². The fraction of sp³-hybridized carbons (Fsp3) is 0.429. The maximum absolute atomic E-state index is 11.8. The molecule has 0 aliphatic heterocycles. The fourth-order valence-electron chi connectivity index (χ4n) is 1.92. The van der Waals surface area contributed by atoms with Crippen LogP contribution in [0.25, 0.3) is 0 Å². The van der Waals surface area contributed by atoms with E-state index in [0.29, 0.717) is 23.7 Å². The topological polar surface area (TPSA) is 93.5 Å². The van der Waals surface area contributed by atoms with E-state index in [2.05, 4.69) is 15.4 Å². The molecule has 6 heteroatoms. The van der Waals surface area contributed by atoms with Gasteiger partial charge in [0.1, 0.15) is 0 Å². The van der Waals surface area contributed by atoms with Crippen LogP contribution in [-0.2, 0) is 9.53 Å². The van der Waals surface area contributed by atoms with Crippen molar-refractivity contribution in [3.63, 3.8) is 0 Å². The fourth-order valence-corrected chi connectivity index (χ4v) is 1.92. The Morgan fingerprint density at radius 1 is 1.25 bits per heavy atom. The van der Waals surface area contributed by atoms with Gasteiger partial charge in [0.15, 0.2) is 0 Å². The average Bonchev–Trinajstić information content (AvgIpc) is 3.25. The summed E-state index contributed by atoms with van der Waals surface area (Å²) in [4.78, 5) is 22.8. The summed E-state index contributed by atoms with van der Waals surface area (Å²) in [6, 6.07) is 6.76. The Kier molecular flexibility index (Phi) is 4.57. The zero-order valence-electron chi connectivity index (χ0n) is 11.4. The molecular formula is C14H19N3O3. The van der Waals surface area contributed by atoms with Crippen molar-refractivity contribution < 1.29 is 14.3 Å². The van der Waals surface area contributed by atoms with Crippen LogP contribution < -0.4 is 16.4 Å². The first-order valence-corrected chi connectivity index (χ1v) is 6.59. The van der Waals surface area contributed by atoms with Crippen LogP contribution in [0.1, 0.15) is 19.3 Å². The highest BCUT2D eigenvalue weighted by molar-refractivity contribution is 5.91. The zero-order chi connectivity index (χ0) is 14.5. The number of carbonyl (C=O) groups excluding carboxylic acids is 2. The highest BCUT2D eigenvalue weighted by Crippen LogP contribution is 2.32. The lowest BCUT2D eigenvalue weighted by Crippen LogP contribution is -2.28. The molecule has 1 aromatic carbocycles. The number of benzene rings is 1. The highest BCUT2D eigenvalue weighted by atomic mass is 16.5. The van der Waals surface area contributed by atoms with Crippen molar-refractivity contribution >= 4 is 23.4 Å². The van der Waals surface area contributed by atoms with Crippen LogP contribution in [0, 0.1) is 5.92 Å². The van der Waals surface area contributed by atoms with Crippen molar-refractivity contribution in [3.05, 3.63) is 24.3 Å². The van der Waals surface area contributed by atoms with Crippen LogP contribution in [0.4, 0.5) is 16.2 Å². The lowest BCUT2D eigenvalue weighted by atomic mass is 10.1. The lowest BCUT2D eigenvalue weighted by molar-refractivity contribution is -0.116. The van der Waals surface area contributed by atoms with Crippen LogP contribution in [0.5, 0.6) is 0 Å². The van der Waals surface area contributed by atoms with Crippen molar-refractivity contribution in [2.45, 2.75) is 25.3 Å². The molecule has 1 fully saturated rings. The first-order valence-electron chi connectivity index (χ1n) is 6.59. The Balaban J connectivity index is 1.83. The molecule has 2 amide bonds. The molecule has 1 saturated carbocycles. The number of ether oxygens (including phenoxy) is 1. The maximum atomic E-state index is 11.8. The van der Waals surface area contributed by atoms with Crippen molar-refractivity contribution in [2.75, 3.05) is 17.7 Å². The van der Waals surface area contributed by atoms with E-state index in [0.717, 1.165) is 12.8 Å². The molecule has 108 valence electrons. The molecule has 0 spiro atoms. The van der Waals surface area contributed by atoms with E-state index in [1.54, 1.807) is 24.3 Å². The number of nitrogens with two attached hydrogens (primary N) is 1. The summed E-state index contributed by atoms with van der Waals surface area (Å²) >= 11 is 0. The van der Waals surface area contributed by atoms with Gasteiger partial charge in [0.25, 0.3) is 0 Å². The van der Waals surface area contributed by atoms with Crippen LogP contribution >= 0.6 is 0 Å². The first kappa shape index (κ1) is 14.3. The van der Waals surface area contributed by atoms with Gasteiger partial charge in [-0.2, -0.15) is 0 Å². The van der Waals surface area contributed by atoms with E-state index in [9.17, 15) is 9.59 Å². The van der Waals surface area contributed by atoms with Crippen molar-refractivity contribution in [2.24, 2.45) is 11.7 Å². The molecule has 0 bridgehead atoms. The van der Waals surface area contributed by atoms with Gasteiger partial charge < -0.3 is 15.8 Å². The molecule has 0 aromatic heterocycles. The van der Waals surface area contributed by atoms with Gasteiger partial charge in [0, 0.05) is 23.8 Å². The zero-order valence-corrected chi connectivity index (χ0v) is 11.4. The van der Waals surface area contributed by atoms with E-state index >= 15 is 0 Å². The standard InChI is InChI=1S/C14H19N3O3/c1-20-14(19)17-11-6-4-10(5-7-11)16-13(18)8-12(15)9-2-3-9/h4-7,9,12H,2-3,8,15H2,1H3,(H,16,18)(H,17,19). The minimum absolute atomic E-state index is 0.0461. The third-order valence-electron chi connectivity index (χ3n) is 3.25. The molecule has 1 aliphatic rings. The Morgan fingerprint density at radius 2 is 1.80 bits per heavy atom. The molecule has 1 unspecified atom stereocenters. The summed E-state index contributed by atoms with van der Waals surface area (Å²) < 4.78 is 4.49. The van der Waals surface area contributed by atoms with E-state index in [-0.39, 0.29) is 11.9 Å². The molecule has 2 rings (SSSR count). The predicted molar refractivity (Wildman–Crippen MR) is 76.4 cm³/mol. The lowest BCUT2D eigenvalue weighted by Gasteiger charge is -2.11. The number of hydrogen-bond donors (Lipinski definition) is 3. The van der Waals surface area contributed by atoms with Crippen LogP contribution in [0.2, 0.25) is 0 Å². The second-order valence-corrected chi connectivity index (χ2v) is 4.95. The molecule has 4 N–H and O–H groups in total. The Labute approximate surface area is 117 Å². The van der Waals surface area contributed by atoms with Gasteiger partial charge >= 0.3 is 6.09 Å². The molecule has 0 radical (unpaired) electrons. The molecule has 1 atom stereocenters. The van der Waals surface area contributed by atoms with Gasteiger partial charge in [-0.05, 0) is 43.0 Å². The summed E-state index contributed by atoms with van der Waals surface area (Å²) in [5, 5.41) is 5.32. The molecule has 20 heavy (non-hydrogen) atoms. The predicted octanol–water partition coefficient (Wildman–Crippen LogP) is 1.93. The van der Waals surface area contributed by atoms with Gasteiger partial charge in [-0.25, -0.2) is 4.79 Å². The molecule has 1 aliphatic carbocycles. The largest absolute Gasteiger partial charge is 0.453 e. The third-order valence-corrected chi connectivity index (χ3v) is 3.25. The average molecular weight is 277 g/mol. The number of hydrogen-bond acceptors (Lipinski definition) is 4. The summed E-state index contributed by atoms with van der Waals surface area (Å²) in [5.74, 6) is 0.422. The highest BCUT2D eigenvalue weighted by Gasteiger charge is 2.29. The molecule has 1 aromatic rings. The van der Waals surface area contributed by atoms with Gasteiger partial charge in [-0.3, -0.25) is 10.1 Å². The van der Waals surface area contributed by atoms with Crippen molar-refractivity contribution in [1.82, 2.24) is 0 Å². The summed E-state index contributed by atoms with van der Waals surface area (Å²) in [6.07, 6.45) is 2.06. The van der Waals surface area contributed by atoms with Gasteiger partial charge in [-0.15, -0.1) is 0 Å². The van der Waals surface area contributed by atoms with Crippen LogP contribution in [-0.4, -0.2) is 25.2 Å². The Hall–Kier alpha value is -2.08. The van der Waals surface area contributed by atoms with Crippen LogP contribution in [0.15, 0.2) is 24.3 Å². The molecule has 0 heterocycles. The molecule has 6 nitrogen and oxygen atoms in total. The summed E-state index contributed by atoms with van der Waals surface area (Å²) in [7, 11) is 1.30. The Morgan fingerprint density at radius 3 is 2.30 bits per heavy atom. The van der Waals surface area contributed by atoms with E-state index < -0.39 is 6.09 Å². The van der Waals surface area contributed by atoms with E-state index in [1.165, 1.54) is 7.11 Å². The number of amides is 2. The molecule has 0 saturated heterocycles. The number of carbonyl (C=O) groups is 2. The number of rotatable bonds is 5. The minimum atomic E-state index is -0.530. The number of anilines is 2. The minimum Gasteiger partial charge on any atom is -0.453 e. The first-order chi connectivity index (χ1) is 9.58. The SMILES string of the molecule is COC(=O)Nc1ccc(NC(=O)CC(N)C2CC2)cc1. The van der Waals surface area contributed by atoms with Gasteiger partial charge in [0.05, 0.1) is 7.11 Å². The second-order valence-electron chi connectivity index (χ2n) is 4.95. The Bertz CT molecular complexity index is 483. The number of nitrogens with one attached hydrogen (secondary N) is 2. The smallest absolute Gasteiger partial charge is 0.411 e. The summed E-state index contributed by atoms with van der Waals surface area (Å²) in [5.41, 5.74) is 7.18. The van der Waals surface area contributed by atoms with E-state index in [4.69, 9.17) is 5.73 Å². The third kappa shape index (κ3) is 4.24. The maximum Gasteiger partial charge on any atom is 0.411 e. The second kappa shape index (κ2) is 6.38. The number of methoxy groups -OCH3 is 1. The monoisotopic (exact) mass is 277 g/mol. The summed E-state index contributed by atoms with van der Waals surface area (Å²) in [6.45, 7) is 0. The molecular weight excluding hydrogens is 258 g/mol. The van der Waals surface area contributed by atoms with Gasteiger partial charge in [-0.1, -0.05) is 0 Å². The normalized spacial score (nSPS) is 15.3.